The normalized spacial score (nSPS) is 41.2. The average molecular weight is 199 g/mol. The molecule has 1 amide bonds. The lowest BCUT2D eigenvalue weighted by atomic mass is 9.42. The number of hydrogen-bond donors (Lipinski definition) is 1. The molecule has 3 aliphatic carbocycles. The van der Waals surface area contributed by atoms with Gasteiger partial charge in [-0.25, -0.2) is 4.39 Å². The van der Waals surface area contributed by atoms with Gasteiger partial charge < -0.3 is 5.32 Å². The summed E-state index contributed by atoms with van der Waals surface area (Å²) in [4.78, 5) is 11.8. The van der Waals surface area contributed by atoms with Crippen LogP contribution < -0.4 is 5.32 Å². The number of nitrogens with one attached hydrogen (secondary N) is 1. The lowest BCUT2D eigenvalue weighted by molar-refractivity contribution is -0.214. The fraction of sp³-hybridized carbons (Fsp3) is 0.909. The van der Waals surface area contributed by atoms with Gasteiger partial charge in [-0.1, -0.05) is 13.8 Å². The molecule has 1 N–H and O–H groups in total. The number of rotatable bonds is 3. The maximum absolute atomic E-state index is 13.2. The first kappa shape index (κ1) is 9.94. The van der Waals surface area contributed by atoms with Crippen molar-refractivity contribution in [2.24, 2.45) is 11.3 Å². The molecule has 0 saturated heterocycles. The Morgan fingerprint density at radius 2 is 1.79 bits per heavy atom. The zero-order chi connectivity index (χ0) is 10.6. The van der Waals surface area contributed by atoms with Gasteiger partial charge in [-0.15, -0.1) is 0 Å². The molecule has 0 aliphatic heterocycles. The number of carbonyl (C=O) groups excluding carboxylic acids is 1. The lowest BCUT2D eigenvalue weighted by Crippen LogP contribution is -2.70. The Morgan fingerprint density at radius 1 is 1.29 bits per heavy atom. The predicted molar refractivity (Wildman–Crippen MR) is 52.6 cm³/mol. The van der Waals surface area contributed by atoms with Crippen molar-refractivity contribution >= 4 is 5.91 Å². The van der Waals surface area contributed by atoms with Crippen LogP contribution >= 0.6 is 0 Å². The molecule has 3 heteroatoms. The van der Waals surface area contributed by atoms with E-state index < -0.39 is 5.67 Å². The van der Waals surface area contributed by atoms with E-state index in [4.69, 9.17) is 0 Å². The summed E-state index contributed by atoms with van der Waals surface area (Å²) in [5.74, 6) is 0.504. The highest BCUT2D eigenvalue weighted by Crippen LogP contribution is 2.69. The molecule has 80 valence electrons. The Kier molecular flexibility index (Phi) is 1.92. The molecule has 3 saturated carbocycles. The second kappa shape index (κ2) is 2.71. The molecule has 3 fully saturated rings. The van der Waals surface area contributed by atoms with Crippen LogP contribution in [0.1, 0.15) is 40.0 Å². The van der Waals surface area contributed by atoms with Crippen LogP contribution in [-0.2, 0) is 4.79 Å². The van der Waals surface area contributed by atoms with Crippen molar-refractivity contribution < 1.29 is 9.18 Å². The Hall–Kier alpha value is -0.600. The van der Waals surface area contributed by atoms with Gasteiger partial charge in [0.25, 0.3) is 0 Å². The van der Waals surface area contributed by atoms with E-state index in [0.29, 0.717) is 25.2 Å². The highest BCUT2D eigenvalue weighted by Gasteiger charge is 2.72. The molecule has 2 nitrogen and oxygen atoms in total. The molecule has 0 radical (unpaired) electrons. The van der Waals surface area contributed by atoms with E-state index in [1.165, 1.54) is 0 Å². The van der Waals surface area contributed by atoms with Gasteiger partial charge >= 0.3 is 0 Å². The van der Waals surface area contributed by atoms with Crippen LogP contribution in [0.3, 0.4) is 0 Å². The summed E-state index contributed by atoms with van der Waals surface area (Å²) in [6.07, 6.45) is 1.37. The molecule has 0 heterocycles. The van der Waals surface area contributed by atoms with Crippen LogP contribution in [0, 0.1) is 11.3 Å². The molecular weight excluding hydrogens is 181 g/mol. The highest BCUT2D eigenvalue weighted by molar-refractivity contribution is 5.87. The molecule has 0 unspecified atom stereocenters. The Bertz CT molecular complexity index is 255. The maximum atomic E-state index is 13.2. The lowest BCUT2D eigenvalue weighted by Gasteiger charge is -2.64. The number of halogens is 1. The fourth-order valence-electron chi connectivity index (χ4n) is 2.43. The summed E-state index contributed by atoms with van der Waals surface area (Å²) < 4.78 is 13.2. The first-order valence-electron chi connectivity index (χ1n) is 5.37. The van der Waals surface area contributed by atoms with Crippen molar-refractivity contribution in [3.05, 3.63) is 0 Å². The van der Waals surface area contributed by atoms with Gasteiger partial charge in [-0.3, -0.25) is 4.79 Å². The Labute approximate surface area is 84.3 Å². The number of hydrogen-bond acceptors (Lipinski definition) is 1. The van der Waals surface area contributed by atoms with Gasteiger partial charge in [0, 0.05) is 6.04 Å². The van der Waals surface area contributed by atoms with Gasteiger partial charge in [0.1, 0.15) is 5.67 Å². The van der Waals surface area contributed by atoms with Gasteiger partial charge in [0.2, 0.25) is 5.91 Å². The molecule has 0 aromatic rings. The van der Waals surface area contributed by atoms with Crippen LogP contribution in [-0.4, -0.2) is 17.6 Å². The molecule has 0 spiro atoms. The van der Waals surface area contributed by atoms with E-state index in [0.717, 1.165) is 0 Å². The predicted octanol–water partition coefficient (Wildman–Crippen LogP) is 2.04. The van der Waals surface area contributed by atoms with Crippen molar-refractivity contribution in [2.45, 2.75) is 51.7 Å². The topological polar surface area (TPSA) is 29.1 Å². The summed E-state index contributed by atoms with van der Waals surface area (Å²) in [5.41, 5.74) is -1.30. The molecule has 1 atom stereocenters. The standard InChI is InChI=1S/C11H18FNO/c1-7(2)8(3)13-9(14)10-4-11(12,5-10)6-10/h7-8H,4-6H2,1-3H3,(H,13,14)/t8-,10?,11?/m1/s1. The van der Waals surface area contributed by atoms with E-state index in [1.54, 1.807) is 0 Å². The van der Waals surface area contributed by atoms with Crippen LogP contribution in [0.4, 0.5) is 4.39 Å². The summed E-state index contributed by atoms with van der Waals surface area (Å²) in [7, 11) is 0. The average Bonchev–Trinajstić information content (AvgIpc) is 1.96. The van der Waals surface area contributed by atoms with Crippen molar-refractivity contribution in [3.8, 4) is 0 Å². The first-order chi connectivity index (χ1) is 6.37. The number of alkyl halides is 1. The second-order valence-corrected chi connectivity index (χ2v) is 5.47. The van der Waals surface area contributed by atoms with Gasteiger partial charge in [0.15, 0.2) is 0 Å². The summed E-state index contributed by atoms with van der Waals surface area (Å²) in [5, 5.41) is 2.97. The summed E-state index contributed by atoms with van der Waals surface area (Å²) in [6.45, 7) is 6.15. The van der Waals surface area contributed by atoms with E-state index in [9.17, 15) is 9.18 Å². The smallest absolute Gasteiger partial charge is 0.226 e. The largest absolute Gasteiger partial charge is 0.353 e. The summed E-state index contributed by atoms with van der Waals surface area (Å²) >= 11 is 0. The molecule has 2 bridgehead atoms. The van der Waals surface area contributed by atoms with Gasteiger partial charge in [-0.2, -0.15) is 0 Å². The fourth-order valence-corrected chi connectivity index (χ4v) is 2.43. The van der Waals surface area contributed by atoms with E-state index >= 15 is 0 Å². The molecular formula is C11H18FNO. The SMILES string of the molecule is CC(C)[C@@H](C)NC(=O)C12CC(F)(C1)C2. The van der Waals surface area contributed by atoms with Crippen molar-refractivity contribution in [2.75, 3.05) is 0 Å². The van der Waals surface area contributed by atoms with Crippen LogP contribution in [0.5, 0.6) is 0 Å². The Morgan fingerprint density at radius 3 is 2.14 bits per heavy atom. The molecule has 0 aromatic heterocycles. The minimum Gasteiger partial charge on any atom is -0.353 e. The first-order valence-corrected chi connectivity index (χ1v) is 5.37. The highest BCUT2D eigenvalue weighted by atomic mass is 19.1. The molecule has 3 rings (SSSR count). The van der Waals surface area contributed by atoms with Crippen LogP contribution in [0.25, 0.3) is 0 Å². The van der Waals surface area contributed by atoms with Crippen molar-refractivity contribution in [1.82, 2.24) is 5.32 Å². The third-order valence-electron chi connectivity index (χ3n) is 3.81. The third-order valence-corrected chi connectivity index (χ3v) is 3.81. The van der Waals surface area contributed by atoms with Gasteiger partial charge in [-0.05, 0) is 32.1 Å². The van der Waals surface area contributed by atoms with E-state index in [-0.39, 0.29) is 17.4 Å². The third kappa shape index (κ3) is 1.25. The monoisotopic (exact) mass is 199 g/mol. The van der Waals surface area contributed by atoms with Crippen molar-refractivity contribution in [1.29, 1.82) is 0 Å². The maximum Gasteiger partial charge on any atom is 0.226 e. The quantitative estimate of drug-likeness (QED) is 0.740. The van der Waals surface area contributed by atoms with Gasteiger partial charge in [0.05, 0.1) is 5.41 Å². The zero-order valence-electron chi connectivity index (χ0n) is 9.06. The second-order valence-electron chi connectivity index (χ2n) is 5.47. The van der Waals surface area contributed by atoms with Crippen LogP contribution in [0.2, 0.25) is 0 Å². The van der Waals surface area contributed by atoms with Crippen molar-refractivity contribution in [3.63, 3.8) is 0 Å². The Balaban J connectivity index is 1.86. The summed E-state index contributed by atoms with van der Waals surface area (Å²) in [6, 6.07) is 0.187. The number of carbonyl (C=O) groups is 1. The number of amides is 1. The molecule has 3 aliphatic rings. The minimum absolute atomic E-state index is 0.0678. The van der Waals surface area contributed by atoms with E-state index in [2.05, 4.69) is 19.2 Å². The van der Waals surface area contributed by atoms with E-state index in [1.807, 2.05) is 6.92 Å². The zero-order valence-corrected chi connectivity index (χ0v) is 9.06. The molecule has 0 aromatic carbocycles. The van der Waals surface area contributed by atoms with Crippen LogP contribution in [0.15, 0.2) is 0 Å². The minimum atomic E-state index is -0.974. The molecule has 14 heavy (non-hydrogen) atoms.